The quantitative estimate of drug-likeness (QED) is 0.725. The Hall–Kier alpha value is -1.00. The lowest BCUT2D eigenvalue weighted by molar-refractivity contribution is -0.138. The van der Waals surface area contributed by atoms with Crippen LogP contribution >= 0.6 is 12.6 Å². The first kappa shape index (κ1) is 14.1. The van der Waals surface area contributed by atoms with E-state index in [1.165, 1.54) is 5.56 Å². The Morgan fingerprint density at radius 1 is 1.29 bits per heavy atom. The summed E-state index contributed by atoms with van der Waals surface area (Å²) < 4.78 is 0. The molecule has 4 heteroatoms. The molecule has 0 aliphatic rings. The number of carbonyl (C=O) groups is 1. The largest absolute Gasteiger partial charge is 0.480 e. The van der Waals surface area contributed by atoms with Gasteiger partial charge in [-0.05, 0) is 16.5 Å². The molecule has 0 aliphatic heterocycles. The van der Waals surface area contributed by atoms with Crippen molar-refractivity contribution in [2.45, 2.75) is 37.5 Å². The van der Waals surface area contributed by atoms with Crippen LogP contribution in [0.1, 0.15) is 37.1 Å². The molecule has 3 N–H and O–H groups in total. The molecule has 94 valence electrons. The molecule has 1 aromatic carbocycles. The summed E-state index contributed by atoms with van der Waals surface area (Å²) in [6, 6.07) is 6.78. The number of carboxylic acid groups (broad SMARTS) is 1. The van der Waals surface area contributed by atoms with Crippen molar-refractivity contribution in [3.05, 3.63) is 35.4 Å². The zero-order valence-corrected chi connectivity index (χ0v) is 11.2. The van der Waals surface area contributed by atoms with E-state index in [0.29, 0.717) is 0 Å². The van der Waals surface area contributed by atoms with Crippen molar-refractivity contribution in [3.63, 3.8) is 0 Å². The fourth-order valence-corrected chi connectivity index (χ4v) is 1.82. The van der Waals surface area contributed by atoms with Crippen molar-refractivity contribution in [1.82, 2.24) is 0 Å². The van der Waals surface area contributed by atoms with Gasteiger partial charge in [0.25, 0.3) is 0 Å². The summed E-state index contributed by atoms with van der Waals surface area (Å²) in [7, 11) is 0. The van der Waals surface area contributed by atoms with Gasteiger partial charge in [0.15, 0.2) is 0 Å². The fourth-order valence-electron chi connectivity index (χ4n) is 1.52. The zero-order chi connectivity index (χ0) is 13.2. The van der Waals surface area contributed by atoms with Gasteiger partial charge in [0.05, 0.1) is 5.25 Å². The van der Waals surface area contributed by atoms with Crippen LogP contribution in [0.25, 0.3) is 0 Å². The lowest BCUT2D eigenvalue weighted by Crippen LogP contribution is -2.34. The predicted octanol–water partition coefficient (Wildman–Crippen LogP) is 2.37. The third-order valence-corrected chi connectivity index (χ3v) is 3.36. The molecule has 1 aromatic rings. The van der Waals surface area contributed by atoms with Gasteiger partial charge in [0.2, 0.25) is 0 Å². The zero-order valence-electron chi connectivity index (χ0n) is 10.3. The van der Waals surface area contributed by atoms with Crippen LogP contribution in [-0.4, -0.2) is 17.1 Å². The van der Waals surface area contributed by atoms with E-state index in [0.717, 1.165) is 5.56 Å². The molecular formula is C13H19NO2S. The first-order valence-corrected chi connectivity index (χ1v) is 6.02. The molecule has 0 saturated heterocycles. The third kappa shape index (κ3) is 3.48. The van der Waals surface area contributed by atoms with Crippen molar-refractivity contribution in [2.24, 2.45) is 5.73 Å². The van der Waals surface area contributed by atoms with E-state index in [9.17, 15) is 4.79 Å². The summed E-state index contributed by atoms with van der Waals surface area (Å²) >= 11 is 4.25. The van der Waals surface area contributed by atoms with Crippen molar-refractivity contribution in [3.8, 4) is 0 Å². The third-order valence-electron chi connectivity index (χ3n) is 2.74. The number of hydrogen-bond acceptors (Lipinski definition) is 3. The number of hydrogen-bond donors (Lipinski definition) is 3. The van der Waals surface area contributed by atoms with Crippen LogP contribution in [-0.2, 0) is 10.2 Å². The van der Waals surface area contributed by atoms with E-state index in [4.69, 9.17) is 10.8 Å². The van der Waals surface area contributed by atoms with Gasteiger partial charge in [-0.15, -0.1) is 0 Å². The lowest BCUT2D eigenvalue weighted by atomic mass is 9.86. The van der Waals surface area contributed by atoms with Gasteiger partial charge in [-0.2, -0.15) is 12.6 Å². The molecule has 2 unspecified atom stereocenters. The van der Waals surface area contributed by atoms with Crippen molar-refractivity contribution in [1.29, 1.82) is 0 Å². The molecule has 0 radical (unpaired) electrons. The molecular weight excluding hydrogens is 234 g/mol. The van der Waals surface area contributed by atoms with Gasteiger partial charge in [-0.25, -0.2) is 0 Å². The minimum Gasteiger partial charge on any atom is -0.480 e. The van der Waals surface area contributed by atoms with E-state index < -0.39 is 17.3 Å². The minimum atomic E-state index is -1.04. The van der Waals surface area contributed by atoms with E-state index >= 15 is 0 Å². The summed E-state index contributed by atoms with van der Waals surface area (Å²) in [5.41, 5.74) is 7.65. The van der Waals surface area contributed by atoms with Crippen LogP contribution in [0.5, 0.6) is 0 Å². The number of aliphatic carboxylic acids is 1. The number of rotatable bonds is 3. The first-order valence-electron chi connectivity index (χ1n) is 5.50. The van der Waals surface area contributed by atoms with Crippen LogP contribution in [0.4, 0.5) is 0 Å². The Labute approximate surface area is 107 Å². The molecule has 0 heterocycles. The van der Waals surface area contributed by atoms with Crippen molar-refractivity contribution < 1.29 is 9.90 Å². The summed E-state index contributed by atoms with van der Waals surface area (Å²) in [4.78, 5) is 10.8. The van der Waals surface area contributed by atoms with E-state index in [1.807, 2.05) is 24.3 Å². The Morgan fingerprint density at radius 2 is 1.76 bits per heavy atom. The summed E-state index contributed by atoms with van der Waals surface area (Å²) in [6.45, 7) is 6.38. The molecule has 0 amide bonds. The maximum absolute atomic E-state index is 10.8. The van der Waals surface area contributed by atoms with E-state index in [1.54, 1.807) is 0 Å². The van der Waals surface area contributed by atoms with Crippen LogP contribution in [0, 0.1) is 0 Å². The fraction of sp³-hybridized carbons (Fsp3) is 0.462. The Bertz CT molecular complexity index is 395. The Balaban J connectivity index is 2.92. The van der Waals surface area contributed by atoms with Gasteiger partial charge in [0.1, 0.15) is 6.04 Å². The monoisotopic (exact) mass is 253 g/mol. The Kier molecular flexibility index (Phi) is 4.22. The highest BCUT2D eigenvalue weighted by atomic mass is 32.1. The topological polar surface area (TPSA) is 63.3 Å². The SMILES string of the molecule is CC(C)(C)c1ccc(C(S)C(N)C(=O)O)cc1. The van der Waals surface area contributed by atoms with E-state index in [2.05, 4.69) is 33.4 Å². The number of nitrogens with two attached hydrogens (primary N) is 1. The molecule has 0 aliphatic carbocycles. The van der Waals surface area contributed by atoms with Gasteiger partial charge in [-0.3, -0.25) is 4.79 Å². The van der Waals surface area contributed by atoms with Crippen LogP contribution in [0.15, 0.2) is 24.3 Å². The van der Waals surface area contributed by atoms with E-state index in [-0.39, 0.29) is 5.41 Å². The standard InChI is InChI=1S/C13H19NO2S/c1-13(2,3)9-6-4-8(5-7-9)11(17)10(14)12(15)16/h4-7,10-11,17H,14H2,1-3H3,(H,15,16). The lowest BCUT2D eigenvalue weighted by Gasteiger charge is -2.21. The van der Waals surface area contributed by atoms with Crippen molar-refractivity contribution in [2.75, 3.05) is 0 Å². The minimum absolute atomic E-state index is 0.0829. The smallest absolute Gasteiger partial charge is 0.321 e. The summed E-state index contributed by atoms with van der Waals surface area (Å²) in [6.07, 6.45) is 0. The maximum Gasteiger partial charge on any atom is 0.321 e. The summed E-state index contributed by atoms with van der Waals surface area (Å²) in [5.74, 6) is -1.04. The molecule has 0 spiro atoms. The second kappa shape index (κ2) is 5.10. The molecule has 17 heavy (non-hydrogen) atoms. The highest BCUT2D eigenvalue weighted by Gasteiger charge is 2.23. The molecule has 1 rings (SSSR count). The molecule has 2 atom stereocenters. The number of carboxylic acids is 1. The predicted molar refractivity (Wildman–Crippen MR) is 72.5 cm³/mol. The van der Waals surface area contributed by atoms with Crippen LogP contribution in [0.2, 0.25) is 0 Å². The molecule has 0 aromatic heterocycles. The molecule has 0 bridgehead atoms. The average Bonchev–Trinajstić information content (AvgIpc) is 2.26. The number of benzene rings is 1. The highest BCUT2D eigenvalue weighted by Crippen LogP contribution is 2.27. The van der Waals surface area contributed by atoms with Crippen molar-refractivity contribution >= 4 is 18.6 Å². The van der Waals surface area contributed by atoms with Gasteiger partial charge < -0.3 is 10.8 Å². The normalized spacial score (nSPS) is 15.4. The number of thiol groups is 1. The molecule has 0 saturated carbocycles. The maximum atomic E-state index is 10.8. The van der Waals surface area contributed by atoms with Gasteiger partial charge in [0, 0.05) is 0 Å². The van der Waals surface area contributed by atoms with Crippen LogP contribution < -0.4 is 5.73 Å². The van der Waals surface area contributed by atoms with Crippen LogP contribution in [0.3, 0.4) is 0 Å². The Morgan fingerprint density at radius 3 is 2.12 bits per heavy atom. The molecule has 0 fully saturated rings. The highest BCUT2D eigenvalue weighted by molar-refractivity contribution is 7.80. The second-order valence-corrected chi connectivity index (χ2v) is 5.74. The van der Waals surface area contributed by atoms with Gasteiger partial charge in [-0.1, -0.05) is 45.0 Å². The first-order chi connectivity index (χ1) is 7.73. The van der Waals surface area contributed by atoms with Gasteiger partial charge >= 0.3 is 5.97 Å². The second-order valence-electron chi connectivity index (χ2n) is 5.18. The average molecular weight is 253 g/mol. The summed E-state index contributed by atoms with van der Waals surface area (Å²) in [5, 5.41) is 8.34. The molecule has 3 nitrogen and oxygen atoms in total.